The third-order valence-electron chi connectivity index (χ3n) is 3.71. The predicted octanol–water partition coefficient (Wildman–Crippen LogP) is 4.27. The van der Waals surface area contributed by atoms with Crippen LogP contribution in [-0.4, -0.2) is 26.1 Å². The maximum Gasteiger partial charge on any atom is 0.225 e. The van der Waals surface area contributed by atoms with Crippen LogP contribution >= 0.6 is 11.6 Å². The molecule has 0 unspecified atom stereocenters. The largest absolute Gasteiger partial charge is 0.339 e. The molecule has 0 saturated heterocycles. The molecule has 3 N–H and O–H groups in total. The molecule has 0 bridgehead atoms. The standard InChI is InChI=1S/C17H19ClN6O/c1-2-3-4-8-13(25)22-17-14-15(19-10-20-16(14)23-24-17)21-12-7-5-6-11(18)9-12/h5-7,9-10H,2-4,8H2,1H3,(H3,19,20,21,22,23,24,25). The number of rotatable bonds is 7. The average Bonchev–Trinajstić information content (AvgIpc) is 2.99. The fraction of sp³-hybridized carbons (Fsp3) is 0.294. The molecule has 130 valence electrons. The van der Waals surface area contributed by atoms with Crippen LogP contribution in [0, 0.1) is 0 Å². The summed E-state index contributed by atoms with van der Waals surface area (Å²) in [6, 6.07) is 7.30. The summed E-state index contributed by atoms with van der Waals surface area (Å²) in [7, 11) is 0. The lowest BCUT2D eigenvalue weighted by molar-refractivity contribution is -0.116. The van der Waals surface area contributed by atoms with Crippen molar-refractivity contribution in [3.8, 4) is 0 Å². The highest BCUT2D eigenvalue weighted by molar-refractivity contribution is 6.30. The number of carbonyl (C=O) groups is 1. The summed E-state index contributed by atoms with van der Waals surface area (Å²) in [4.78, 5) is 20.5. The Labute approximate surface area is 150 Å². The molecule has 3 rings (SSSR count). The van der Waals surface area contributed by atoms with E-state index >= 15 is 0 Å². The number of nitrogens with one attached hydrogen (secondary N) is 3. The normalized spacial score (nSPS) is 10.8. The number of nitrogens with zero attached hydrogens (tertiary/aromatic N) is 3. The molecule has 0 aliphatic heterocycles. The molecule has 3 aromatic rings. The van der Waals surface area contributed by atoms with Crippen molar-refractivity contribution >= 4 is 45.9 Å². The molecular weight excluding hydrogens is 340 g/mol. The van der Waals surface area contributed by atoms with Crippen LogP contribution in [0.3, 0.4) is 0 Å². The van der Waals surface area contributed by atoms with Gasteiger partial charge in [0.2, 0.25) is 5.91 Å². The summed E-state index contributed by atoms with van der Waals surface area (Å²) >= 11 is 6.02. The second kappa shape index (κ2) is 7.94. The summed E-state index contributed by atoms with van der Waals surface area (Å²) in [5.74, 6) is 0.894. The summed E-state index contributed by atoms with van der Waals surface area (Å²) in [5.41, 5.74) is 1.33. The lowest BCUT2D eigenvalue weighted by Crippen LogP contribution is -2.12. The van der Waals surface area contributed by atoms with Crippen LogP contribution in [-0.2, 0) is 4.79 Å². The number of halogens is 1. The molecular formula is C17H19ClN6O. The third kappa shape index (κ3) is 4.24. The number of hydrogen-bond acceptors (Lipinski definition) is 5. The Kier molecular flexibility index (Phi) is 5.45. The Morgan fingerprint density at radius 3 is 2.92 bits per heavy atom. The van der Waals surface area contributed by atoms with Crippen LogP contribution in [0.5, 0.6) is 0 Å². The Hall–Kier alpha value is -2.67. The molecule has 0 saturated carbocycles. The molecule has 0 aliphatic carbocycles. The van der Waals surface area contributed by atoms with Crippen molar-refractivity contribution in [2.24, 2.45) is 0 Å². The molecule has 0 atom stereocenters. The minimum Gasteiger partial charge on any atom is -0.339 e. The molecule has 8 heteroatoms. The zero-order valence-corrected chi connectivity index (χ0v) is 14.6. The van der Waals surface area contributed by atoms with Crippen LogP contribution in [0.25, 0.3) is 11.0 Å². The van der Waals surface area contributed by atoms with Gasteiger partial charge >= 0.3 is 0 Å². The summed E-state index contributed by atoms with van der Waals surface area (Å²) in [6.07, 6.45) is 4.85. The molecule has 7 nitrogen and oxygen atoms in total. The fourth-order valence-electron chi connectivity index (χ4n) is 2.48. The maximum absolute atomic E-state index is 12.1. The van der Waals surface area contributed by atoms with Crippen molar-refractivity contribution < 1.29 is 4.79 Å². The molecule has 0 spiro atoms. The van der Waals surface area contributed by atoms with Crippen molar-refractivity contribution in [2.45, 2.75) is 32.6 Å². The highest BCUT2D eigenvalue weighted by Crippen LogP contribution is 2.28. The first kappa shape index (κ1) is 17.2. The smallest absolute Gasteiger partial charge is 0.225 e. The third-order valence-corrected chi connectivity index (χ3v) is 3.95. The van der Waals surface area contributed by atoms with Crippen LogP contribution in [0.2, 0.25) is 5.02 Å². The van der Waals surface area contributed by atoms with Gasteiger partial charge < -0.3 is 10.6 Å². The van der Waals surface area contributed by atoms with Gasteiger partial charge in [-0.05, 0) is 24.6 Å². The van der Waals surface area contributed by atoms with Gasteiger partial charge in [-0.2, -0.15) is 5.10 Å². The first-order chi connectivity index (χ1) is 12.2. The summed E-state index contributed by atoms with van der Waals surface area (Å²) in [6.45, 7) is 2.10. The topological polar surface area (TPSA) is 95.6 Å². The monoisotopic (exact) mass is 358 g/mol. The van der Waals surface area contributed by atoms with Gasteiger partial charge in [-0.3, -0.25) is 9.89 Å². The minimum atomic E-state index is -0.0700. The first-order valence-electron chi connectivity index (χ1n) is 8.19. The highest BCUT2D eigenvalue weighted by atomic mass is 35.5. The van der Waals surface area contributed by atoms with Crippen LogP contribution < -0.4 is 10.6 Å². The Balaban J connectivity index is 1.84. The van der Waals surface area contributed by atoms with E-state index in [1.54, 1.807) is 12.1 Å². The zero-order chi connectivity index (χ0) is 17.6. The molecule has 0 radical (unpaired) electrons. The van der Waals surface area contributed by atoms with Crippen LogP contribution in [0.1, 0.15) is 32.6 Å². The highest BCUT2D eigenvalue weighted by Gasteiger charge is 2.15. The molecule has 1 amide bonds. The van der Waals surface area contributed by atoms with E-state index < -0.39 is 0 Å². The first-order valence-corrected chi connectivity index (χ1v) is 8.56. The Bertz CT molecular complexity index is 878. The number of hydrogen-bond donors (Lipinski definition) is 3. The van der Waals surface area contributed by atoms with Gasteiger partial charge in [0, 0.05) is 17.1 Å². The van der Waals surface area contributed by atoms with Crippen LogP contribution in [0.4, 0.5) is 17.3 Å². The second-order valence-electron chi connectivity index (χ2n) is 5.66. The zero-order valence-electron chi connectivity index (χ0n) is 13.8. The average molecular weight is 359 g/mol. The van der Waals surface area contributed by atoms with Crippen LogP contribution in [0.15, 0.2) is 30.6 Å². The van der Waals surface area contributed by atoms with Crippen molar-refractivity contribution in [1.29, 1.82) is 0 Å². The molecule has 25 heavy (non-hydrogen) atoms. The van der Waals surface area contributed by atoms with Crippen molar-refractivity contribution in [2.75, 3.05) is 10.6 Å². The molecule has 0 fully saturated rings. The number of anilines is 3. The van der Waals surface area contributed by atoms with Crippen molar-refractivity contribution in [1.82, 2.24) is 20.2 Å². The van der Waals surface area contributed by atoms with Gasteiger partial charge in [0.25, 0.3) is 0 Å². The lowest BCUT2D eigenvalue weighted by Gasteiger charge is -2.08. The lowest BCUT2D eigenvalue weighted by atomic mass is 10.2. The molecule has 0 aliphatic rings. The molecule has 2 heterocycles. The SMILES string of the molecule is CCCCCC(=O)Nc1n[nH]c2ncnc(Nc3cccc(Cl)c3)c12. The number of benzene rings is 1. The van der Waals surface area contributed by atoms with E-state index in [2.05, 4.69) is 37.7 Å². The number of carbonyl (C=O) groups excluding carboxylic acids is 1. The summed E-state index contributed by atoms with van der Waals surface area (Å²) < 4.78 is 0. The number of unbranched alkanes of at least 4 members (excludes halogenated alkanes) is 2. The van der Waals surface area contributed by atoms with E-state index in [0.29, 0.717) is 34.1 Å². The number of fused-ring (bicyclic) bond motifs is 1. The van der Waals surface area contributed by atoms with E-state index in [0.717, 1.165) is 24.9 Å². The van der Waals surface area contributed by atoms with Gasteiger partial charge in [-0.15, -0.1) is 0 Å². The quantitative estimate of drug-likeness (QED) is 0.548. The van der Waals surface area contributed by atoms with E-state index in [1.165, 1.54) is 6.33 Å². The molecule has 2 aromatic heterocycles. The minimum absolute atomic E-state index is 0.0700. The summed E-state index contributed by atoms with van der Waals surface area (Å²) in [5, 5.41) is 14.2. The van der Waals surface area contributed by atoms with E-state index in [1.807, 2.05) is 12.1 Å². The van der Waals surface area contributed by atoms with Gasteiger partial charge in [-0.25, -0.2) is 9.97 Å². The Morgan fingerprint density at radius 1 is 1.24 bits per heavy atom. The van der Waals surface area contributed by atoms with Gasteiger partial charge in [0.05, 0.1) is 0 Å². The fourth-order valence-corrected chi connectivity index (χ4v) is 2.67. The number of amides is 1. The van der Waals surface area contributed by atoms with Gasteiger partial charge in [0.15, 0.2) is 11.5 Å². The molecule has 1 aromatic carbocycles. The Morgan fingerprint density at radius 2 is 2.12 bits per heavy atom. The van der Waals surface area contributed by atoms with E-state index in [9.17, 15) is 4.79 Å². The number of aromatic nitrogens is 4. The number of H-pyrrole nitrogens is 1. The predicted molar refractivity (Wildman–Crippen MR) is 99.2 cm³/mol. The second-order valence-corrected chi connectivity index (χ2v) is 6.10. The number of aromatic amines is 1. The maximum atomic E-state index is 12.1. The van der Waals surface area contributed by atoms with Crippen molar-refractivity contribution in [3.63, 3.8) is 0 Å². The van der Waals surface area contributed by atoms with Gasteiger partial charge in [0.1, 0.15) is 17.5 Å². The van der Waals surface area contributed by atoms with Crippen molar-refractivity contribution in [3.05, 3.63) is 35.6 Å². The van der Waals surface area contributed by atoms with E-state index in [-0.39, 0.29) is 5.91 Å². The van der Waals surface area contributed by atoms with E-state index in [4.69, 9.17) is 11.6 Å². The van der Waals surface area contributed by atoms with Gasteiger partial charge in [-0.1, -0.05) is 37.4 Å².